The fraction of sp³-hybridized carbons (Fsp3) is 0.471. The molecule has 0 heterocycles. The lowest BCUT2D eigenvalue weighted by molar-refractivity contribution is -0.134. The van der Waals surface area contributed by atoms with Gasteiger partial charge in [-0.05, 0) is 45.1 Å². The summed E-state index contributed by atoms with van der Waals surface area (Å²) in [5.41, 5.74) is -0.182. The van der Waals surface area contributed by atoms with Crippen molar-refractivity contribution >= 4 is 23.5 Å². The number of carbonyl (C=O) groups is 3. The highest BCUT2D eigenvalue weighted by Crippen LogP contribution is 2.46. The lowest BCUT2D eigenvalue weighted by Crippen LogP contribution is -2.42. The number of rotatable bonds is 7. The summed E-state index contributed by atoms with van der Waals surface area (Å²) in [6, 6.07) is 6.45. The standard InChI is InChI=1S/C17H23N3O4/c1-20(2)10-9-18-15(22)17(7-8-17)16(23)19-13-6-4-5-12(11-13)14(21)24-3/h4-6,11H,7-10H2,1-3H3,(H,18,22)(H,19,23). The van der Waals surface area contributed by atoms with Crippen molar-refractivity contribution in [1.29, 1.82) is 0 Å². The fourth-order valence-corrected chi connectivity index (χ4v) is 2.34. The summed E-state index contributed by atoms with van der Waals surface area (Å²) < 4.78 is 4.66. The van der Waals surface area contributed by atoms with Crippen molar-refractivity contribution in [2.75, 3.05) is 39.6 Å². The summed E-state index contributed by atoms with van der Waals surface area (Å²) in [5, 5.41) is 5.53. The lowest BCUT2D eigenvalue weighted by Gasteiger charge is -2.17. The van der Waals surface area contributed by atoms with Gasteiger partial charge in [-0.1, -0.05) is 6.07 Å². The first-order valence-electron chi connectivity index (χ1n) is 7.82. The largest absolute Gasteiger partial charge is 0.465 e. The van der Waals surface area contributed by atoms with E-state index in [2.05, 4.69) is 15.4 Å². The molecular formula is C17H23N3O4. The number of anilines is 1. The average molecular weight is 333 g/mol. The number of nitrogens with zero attached hydrogens (tertiary/aromatic N) is 1. The second-order valence-electron chi connectivity index (χ2n) is 6.17. The van der Waals surface area contributed by atoms with Gasteiger partial charge in [0.1, 0.15) is 5.41 Å². The molecule has 2 N–H and O–H groups in total. The zero-order valence-corrected chi connectivity index (χ0v) is 14.2. The monoisotopic (exact) mass is 333 g/mol. The zero-order chi connectivity index (χ0) is 17.7. The van der Waals surface area contributed by atoms with Gasteiger partial charge in [0, 0.05) is 18.8 Å². The molecule has 1 fully saturated rings. The molecule has 1 saturated carbocycles. The molecule has 0 aromatic heterocycles. The van der Waals surface area contributed by atoms with Crippen molar-refractivity contribution in [3.05, 3.63) is 29.8 Å². The first-order valence-corrected chi connectivity index (χ1v) is 7.82. The zero-order valence-electron chi connectivity index (χ0n) is 14.2. The Kier molecular flexibility index (Phi) is 5.56. The first-order chi connectivity index (χ1) is 11.4. The van der Waals surface area contributed by atoms with Crippen LogP contribution in [0.15, 0.2) is 24.3 Å². The molecule has 130 valence electrons. The molecule has 0 unspecified atom stereocenters. The van der Waals surface area contributed by atoms with E-state index in [0.717, 1.165) is 0 Å². The number of methoxy groups -OCH3 is 1. The van der Waals surface area contributed by atoms with E-state index in [4.69, 9.17) is 0 Å². The molecule has 1 aromatic carbocycles. The van der Waals surface area contributed by atoms with E-state index in [9.17, 15) is 14.4 Å². The predicted octanol–water partition coefficient (Wildman–Crippen LogP) is 0.870. The second kappa shape index (κ2) is 7.44. The second-order valence-corrected chi connectivity index (χ2v) is 6.17. The third kappa shape index (κ3) is 4.11. The van der Waals surface area contributed by atoms with Crippen molar-refractivity contribution in [3.63, 3.8) is 0 Å². The Morgan fingerprint density at radius 2 is 1.92 bits per heavy atom. The Bertz CT molecular complexity index is 638. The number of ether oxygens (including phenoxy) is 1. The number of esters is 1. The van der Waals surface area contributed by atoms with Crippen molar-refractivity contribution in [3.8, 4) is 0 Å². The van der Waals surface area contributed by atoms with E-state index in [1.54, 1.807) is 18.2 Å². The van der Waals surface area contributed by atoms with Crippen LogP contribution >= 0.6 is 0 Å². The number of likely N-dealkylation sites (N-methyl/N-ethyl adjacent to an activating group) is 1. The molecule has 2 amide bonds. The topological polar surface area (TPSA) is 87.7 Å². The molecule has 0 radical (unpaired) electrons. The molecule has 1 aliphatic rings. The fourth-order valence-electron chi connectivity index (χ4n) is 2.34. The number of nitrogens with one attached hydrogen (secondary N) is 2. The molecule has 0 aliphatic heterocycles. The number of carbonyl (C=O) groups excluding carboxylic acids is 3. The van der Waals surface area contributed by atoms with Gasteiger partial charge < -0.3 is 20.3 Å². The van der Waals surface area contributed by atoms with E-state index < -0.39 is 11.4 Å². The molecule has 24 heavy (non-hydrogen) atoms. The minimum Gasteiger partial charge on any atom is -0.465 e. The summed E-state index contributed by atoms with van der Waals surface area (Å²) in [6.45, 7) is 1.21. The normalized spacial score (nSPS) is 14.8. The van der Waals surface area contributed by atoms with Gasteiger partial charge in [-0.2, -0.15) is 0 Å². The van der Waals surface area contributed by atoms with Crippen molar-refractivity contribution in [1.82, 2.24) is 10.2 Å². The van der Waals surface area contributed by atoms with E-state index >= 15 is 0 Å². The summed E-state index contributed by atoms with van der Waals surface area (Å²) in [4.78, 5) is 38.3. The average Bonchev–Trinajstić information content (AvgIpc) is 3.35. The summed E-state index contributed by atoms with van der Waals surface area (Å²) in [5.74, 6) is -1.06. The van der Waals surface area contributed by atoms with Crippen LogP contribution in [-0.2, 0) is 14.3 Å². The maximum Gasteiger partial charge on any atom is 0.337 e. The molecule has 0 saturated heterocycles. The van der Waals surface area contributed by atoms with E-state index in [-0.39, 0.29) is 11.8 Å². The third-order valence-electron chi connectivity index (χ3n) is 4.01. The first kappa shape index (κ1) is 17.9. The van der Waals surface area contributed by atoms with Gasteiger partial charge in [0.15, 0.2) is 0 Å². The van der Waals surface area contributed by atoms with Crippen LogP contribution in [0.2, 0.25) is 0 Å². The Morgan fingerprint density at radius 3 is 2.50 bits per heavy atom. The van der Waals surface area contributed by atoms with Gasteiger partial charge in [-0.25, -0.2) is 4.79 Å². The quantitative estimate of drug-likeness (QED) is 0.571. The van der Waals surface area contributed by atoms with Crippen LogP contribution in [0, 0.1) is 5.41 Å². The molecule has 7 heteroatoms. The highest BCUT2D eigenvalue weighted by molar-refractivity contribution is 6.13. The summed E-state index contributed by atoms with van der Waals surface area (Å²) in [6.07, 6.45) is 1.06. The number of amides is 2. The van der Waals surface area contributed by atoms with Crippen LogP contribution in [0.5, 0.6) is 0 Å². The summed E-state index contributed by atoms with van der Waals surface area (Å²) in [7, 11) is 5.13. The van der Waals surface area contributed by atoms with Crippen LogP contribution < -0.4 is 10.6 Å². The molecule has 0 bridgehead atoms. The number of hydrogen-bond donors (Lipinski definition) is 2. The molecule has 0 atom stereocenters. The maximum atomic E-state index is 12.5. The highest BCUT2D eigenvalue weighted by atomic mass is 16.5. The van der Waals surface area contributed by atoms with E-state index in [1.165, 1.54) is 13.2 Å². The smallest absolute Gasteiger partial charge is 0.337 e. The van der Waals surface area contributed by atoms with Crippen LogP contribution in [0.4, 0.5) is 5.69 Å². The number of benzene rings is 1. The Hall–Kier alpha value is -2.41. The Balaban J connectivity index is 1.99. The Morgan fingerprint density at radius 1 is 1.21 bits per heavy atom. The van der Waals surface area contributed by atoms with Crippen molar-refractivity contribution < 1.29 is 19.1 Å². The lowest BCUT2D eigenvalue weighted by atomic mass is 10.0. The predicted molar refractivity (Wildman–Crippen MR) is 89.6 cm³/mol. The van der Waals surface area contributed by atoms with Crippen LogP contribution in [0.25, 0.3) is 0 Å². The maximum absolute atomic E-state index is 12.5. The van der Waals surface area contributed by atoms with Crippen LogP contribution in [0.3, 0.4) is 0 Å². The molecular weight excluding hydrogens is 310 g/mol. The van der Waals surface area contributed by atoms with Gasteiger partial charge >= 0.3 is 5.97 Å². The number of hydrogen-bond acceptors (Lipinski definition) is 5. The molecule has 1 aliphatic carbocycles. The highest BCUT2D eigenvalue weighted by Gasteiger charge is 2.56. The Labute approximate surface area is 141 Å². The SMILES string of the molecule is COC(=O)c1cccc(NC(=O)C2(C(=O)NCCN(C)C)CC2)c1. The van der Waals surface area contributed by atoms with Gasteiger partial charge in [0.2, 0.25) is 11.8 Å². The molecule has 1 aromatic rings. The van der Waals surface area contributed by atoms with Crippen molar-refractivity contribution in [2.45, 2.75) is 12.8 Å². The molecule has 7 nitrogen and oxygen atoms in total. The van der Waals surface area contributed by atoms with Gasteiger partial charge in [-0.3, -0.25) is 9.59 Å². The van der Waals surface area contributed by atoms with E-state index in [0.29, 0.717) is 37.2 Å². The van der Waals surface area contributed by atoms with E-state index in [1.807, 2.05) is 19.0 Å². The van der Waals surface area contributed by atoms with Crippen LogP contribution in [0.1, 0.15) is 23.2 Å². The van der Waals surface area contributed by atoms with Gasteiger partial charge in [0.25, 0.3) is 0 Å². The summed E-state index contributed by atoms with van der Waals surface area (Å²) >= 11 is 0. The molecule has 0 spiro atoms. The third-order valence-corrected chi connectivity index (χ3v) is 4.01. The minimum atomic E-state index is -0.992. The molecule has 2 rings (SSSR count). The minimum absolute atomic E-state index is 0.244. The van der Waals surface area contributed by atoms with Gasteiger partial charge in [-0.15, -0.1) is 0 Å². The van der Waals surface area contributed by atoms with Crippen molar-refractivity contribution in [2.24, 2.45) is 5.41 Å². The van der Waals surface area contributed by atoms with Crippen LogP contribution in [-0.4, -0.2) is 57.0 Å². The van der Waals surface area contributed by atoms with Gasteiger partial charge in [0.05, 0.1) is 12.7 Å².